The van der Waals surface area contributed by atoms with Gasteiger partial charge in [-0.05, 0) is 49.7 Å². The molecular weight excluding hydrogens is 208 g/mol. The highest BCUT2D eigenvalue weighted by Crippen LogP contribution is 2.06. The minimum absolute atomic E-state index is 0.0419. The number of nitrogens with one attached hydrogen (secondary N) is 2. The van der Waals surface area contributed by atoms with Gasteiger partial charge in [0.25, 0.3) is 0 Å². The van der Waals surface area contributed by atoms with Crippen molar-refractivity contribution in [1.29, 1.82) is 0 Å². The highest BCUT2D eigenvalue weighted by atomic mass is 32.1. The predicted molar refractivity (Wildman–Crippen MR) is 64.2 cm³/mol. The van der Waals surface area contributed by atoms with E-state index in [4.69, 9.17) is 0 Å². The lowest BCUT2D eigenvalue weighted by Gasteiger charge is -2.22. The lowest BCUT2D eigenvalue weighted by Crippen LogP contribution is -2.51. The molecule has 1 amide bonds. The Hall–Kier alpha value is -0.870. The Balaban J connectivity index is 2.29. The second kappa shape index (κ2) is 5.28. The van der Waals surface area contributed by atoms with Crippen molar-refractivity contribution in [2.75, 3.05) is 13.6 Å². The Bertz CT molecular complexity index is 306. The fraction of sp³-hybridized carbons (Fsp3) is 0.545. The fourth-order valence-electron chi connectivity index (χ4n) is 1.09. The van der Waals surface area contributed by atoms with Crippen LogP contribution in [-0.4, -0.2) is 25.0 Å². The Morgan fingerprint density at radius 2 is 2.27 bits per heavy atom. The van der Waals surface area contributed by atoms with Gasteiger partial charge in [-0.3, -0.25) is 4.79 Å². The van der Waals surface area contributed by atoms with Gasteiger partial charge in [-0.15, -0.1) is 0 Å². The number of carbonyl (C=O) groups excluding carboxylic acids is 1. The number of carbonyl (C=O) groups is 1. The molecule has 1 aromatic heterocycles. The van der Waals surface area contributed by atoms with E-state index in [1.54, 1.807) is 18.4 Å². The van der Waals surface area contributed by atoms with Crippen molar-refractivity contribution >= 4 is 17.2 Å². The van der Waals surface area contributed by atoms with Gasteiger partial charge in [0.15, 0.2) is 0 Å². The molecular formula is C11H18N2OS. The Morgan fingerprint density at radius 1 is 1.53 bits per heavy atom. The van der Waals surface area contributed by atoms with Gasteiger partial charge >= 0.3 is 0 Å². The van der Waals surface area contributed by atoms with Gasteiger partial charge in [0.2, 0.25) is 5.91 Å². The normalized spacial score (nSPS) is 11.4. The minimum Gasteiger partial charge on any atom is -0.354 e. The molecule has 0 fully saturated rings. The van der Waals surface area contributed by atoms with E-state index in [1.165, 1.54) is 5.56 Å². The number of amides is 1. The third-order valence-electron chi connectivity index (χ3n) is 2.47. The van der Waals surface area contributed by atoms with Crippen LogP contribution in [0.2, 0.25) is 0 Å². The van der Waals surface area contributed by atoms with Crippen LogP contribution in [0.15, 0.2) is 16.8 Å². The fourth-order valence-corrected chi connectivity index (χ4v) is 1.79. The summed E-state index contributed by atoms with van der Waals surface area (Å²) in [6.45, 7) is 4.43. The molecule has 1 aromatic rings. The van der Waals surface area contributed by atoms with Crippen molar-refractivity contribution in [2.45, 2.75) is 25.8 Å². The first kappa shape index (κ1) is 12.2. The number of likely N-dealkylation sites (N-methyl/N-ethyl adjacent to an activating group) is 1. The summed E-state index contributed by atoms with van der Waals surface area (Å²) >= 11 is 1.68. The summed E-state index contributed by atoms with van der Waals surface area (Å²) < 4.78 is 0. The molecule has 84 valence electrons. The molecule has 0 radical (unpaired) electrons. The molecule has 3 nitrogen and oxygen atoms in total. The lowest BCUT2D eigenvalue weighted by molar-refractivity contribution is -0.126. The van der Waals surface area contributed by atoms with E-state index in [-0.39, 0.29) is 5.91 Å². The van der Waals surface area contributed by atoms with Gasteiger partial charge in [-0.2, -0.15) is 11.3 Å². The van der Waals surface area contributed by atoms with E-state index in [0.717, 1.165) is 6.42 Å². The van der Waals surface area contributed by atoms with Gasteiger partial charge in [0.1, 0.15) is 0 Å². The van der Waals surface area contributed by atoms with Crippen LogP contribution >= 0.6 is 11.3 Å². The maximum atomic E-state index is 11.7. The van der Waals surface area contributed by atoms with Gasteiger partial charge in [0, 0.05) is 6.54 Å². The number of hydrogen-bond acceptors (Lipinski definition) is 3. The molecule has 0 saturated carbocycles. The average Bonchev–Trinajstić information content (AvgIpc) is 2.70. The van der Waals surface area contributed by atoms with Gasteiger partial charge in [-0.25, -0.2) is 0 Å². The summed E-state index contributed by atoms with van der Waals surface area (Å²) in [5.74, 6) is 0.0419. The van der Waals surface area contributed by atoms with Crippen LogP contribution in [-0.2, 0) is 11.2 Å². The van der Waals surface area contributed by atoms with E-state index in [9.17, 15) is 4.79 Å². The molecule has 0 spiro atoms. The molecule has 0 unspecified atom stereocenters. The second-order valence-corrected chi connectivity index (χ2v) is 4.79. The molecule has 0 aliphatic rings. The van der Waals surface area contributed by atoms with Crippen LogP contribution in [0.3, 0.4) is 0 Å². The predicted octanol–water partition coefficient (Wildman–Crippen LogP) is 1.40. The van der Waals surface area contributed by atoms with Crippen molar-refractivity contribution in [2.24, 2.45) is 0 Å². The molecule has 2 N–H and O–H groups in total. The minimum atomic E-state index is -0.491. The van der Waals surface area contributed by atoms with Crippen LogP contribution in [0.25, 0.3) is 0 Å². The van der Waals surface area contributed by atoms with Gasteiger partial charge < -0.3 is 10.6 Å². The molecule has 0 aromatic carbocycles. The first-order valence-electron chi connectivity index (χ1n) is 5.04. The Kier molecular flexibility index (Phi) is 4.29. The standard InChI is InChI=1S/C11H18N2OS/c1-11(2,12-3)10(14)13-6-4-9-5-7-15-8-9/h5,7-8,12H,4,6H2,1-3H3,(H,13,14). The van der Waals surface area contributed by atoms with Crippen molar-refractivity contribution < 1.29 is 4.79 Å². The summed E-state index contributed by atoms with van der Waals surface area (Å²) in [6.07, 6.45) is 0.898. The average molecular weight is 226 g/mol. The first-order chi connectivity index (χ1) is 7.06. The zero-order valence-corrected chi connectivity index (χ0v) is 10.3. The van der Waals surface area contributed by atoms with E-state index < -0.39 is 5.54 Å². The lowest BCUT2D eigenvalue weighted by atomic mass is 10.1. The molecule has 1 heterocycles. The SMILES string of the molecule is CNC(C)(C)C(=O)NCCc1ccsc1. The van der Waals surface area contributed by atoms with Crippen molar-refractivity contribution in [3.05, 3.63) is 22.4 Å². The molecule has 0 aliphatic heterocycles. The summed E-state index contributed by atoms with van der Waals surface area (Å²) in [5.41, 5.74) is 0.789. The molecule has 0 saturated heterocycles. The number of thiophene rings is 1. The monoisotopic (exact) mass is 226 g/mol. The maximum absolute atomic E-state index is 11.7. The summed E-state index contributed by atoms with van der Waals surface area (Å²) in [5, 5.41) is 10.0. The summed E-state index contributed by atoms with van der Waals surface area (Å²) in [4.78, 5) is 11.7. The largest absolute Gasteiger partial charge is 0.354 e. The molecule has 0 bridgehead atoms. The zero-order chi connectivity index (χ0) is 11.3. The van der Waals surface area contributed by atoms with Crippen molar-refractivity contribution in [3.8, 4) is 0 Å². The molecule has 4 heteroatoms. The van der Waals surface area contributed by atoms with Crippen molar-refractivity contribution in [3.63, 3.8) is 0 Å². The van der Waals surface area contributed by atoms with E-state index in [0.29, 0.717) is 6.54 Å². The molecule has 1 rings (SSSR count). The van der Waals surface area contributed by atoms with Crippen molar-refractivity contribution in [1.82, 2.24) is 10.6 Å². The zero-order valence-electron chi connectivity index (χ0n) is 9.46. The number of rotatable bonds is 5. The summed E-state index contributed by atoms with van der Waals surface area (Å²) in [6, 6.07) is 2.08. The van der Waals surface area contributed by atoms with Crippen LogP contribution < -0.4 is 10.6 Å². The highest BCUT2D eigenvalue weighted by Gasteiger charge is 2.24. The van der Waals surface area contributed by atoms with E-state index in [2.05, 4.69) is 27.5 Å². The van der Waals surface area contributed by atoms with E-state index in [1.807, 2.05) is 13.8 Å². The first-order valence-corrected chi connectivity index (χ1v) is 5.99. The summed E-state index contributed by atoms with van der Waals surface area (Å²) in [7, 11) is 1.79. The van der Waals surface area contributed by atoms with Crippen LogP contribution in [0.5, 0.6) is 0 Å². The second-order valence-electron chi connectivity index (χ2n) is 4.01. The van der Waals surface area contributed by atoms with Crippen LogP contribution in [0, 0.1) is 0 Å². The topological polar surface area (TPSA) is 41.1 Å². The third-order valence-corrected chi connectivity index (χ3v) is 3.20. The van der Waals surface area contributed by atoms with Gasteiger partial charge in [-0.1, -0.05) is 0 Å². The van der Waals surface area contributed by atoms with Crippen LogP contribution in [0.1, 0.15) is 19.4 Å². The van der Waals surface area contributed by atoms with Crippen LogP contribution in [0.4, 0.5) is 0 Å². The quantitative estimate of drug-likeness (QED) is 0.797. The molecule has 15 heavy (non-hydrogen) atoms. The number of hydrogen-bond donors (Lipinski definition) is 2. The Morgan fingerprint density at radius 3 is 2.80 bits per heavy atom. The smallest absolute Gasteiger partial charge is 0.239 e. The Labute approximate surface area is 94.9 Å². The molecule has 0 atom stereocenters. The maximum Gasteiger partial charge on any atom is 0.239 e. The van der Waals surface area contributed by atoms with Gasteiger partial charge in [0.05, 0.1) is 5.54 Å². The molecule has 0 aliphatic carbocycles. The third kappa shape index (κ3) is 3.64. The van der Waals surface area contributed by atoms with E-state index >= 15 is 0 Å². The highest BCUT2D eigenvalue weighted by molar-refractivity contribution is 7.07.